The zero-order chi connectivity index (χ0) is 25.1. The van der Waals surface area contributed by atoms with Gasteiger partial charge < -0.3 is 4.90 Å². The van der Waals surface area contributed by atoms with Gasteiger partial charge in [0.25, 0.3) is 11.5 Å². The molecule has 3 aliphatic heterocycles. The molecule has 3 aliphatic rings. The van der Waals surface area contributed by atoms with Gasteiger partial charge in [-0.3, -0.25) is 18.9 Å². The molecule has 0 aromatic carbocycles. The third-order valence-corrected chi connectivity index (χ3v) is 9.91. The Morgan fingerprint density at radius 2 is 1.89 bits per heavy atom. The zero-order valence-electron chi connectivity index (χ0n) is 19.9. The van der Waals surface area contributed by atoms with Crippen molar-refractivity contribution >= 4 is 61.6 Å². The van der Waals surface area contributed by atoms with Crippen molar-refractivity contribution in [3.8, 4) is 0 Å². The molecule has 3 atom stereocenters. The van der Waals surface area contributed by atoms with E-state index >= 15 is 0 Å². The monoisotopic (exact) mass is 532 g/mol. The smallest absolute Gasteiger partial charge is 0.267 e. The molecule has 0 radical (unpaired) electrons. The molecular formula is C24H28N4O4S3. The van der Waals surface area contributed by atoms with Crippen LogP contribution in [0.3, 0.4) is 0 Å². The number of fused-ring (bicyclic) bond motifs is 1. The first kappa shape index (κ1) is 24.5. The number of amides is 1. The molecule has 2 aromatic rings. The van der Waals surface area contributed by atoms with Crippen LogP contribution in [0.2, 0.25) is 0 Å². The number of carbonyl (C=O) groups is 1. The molecule has 0 aliphatic carbocycles. The first-order valence-electron chi connectivity index (χ1n) is 11.8. The highest BCUT2D eigenvalue weighted by molar-refractivity contribution is 8.26. The largest absolute Gasteiger partial charge is 0.355 e. The van der Waals surface area contributed by atoms with Crippen molar-refractivity contribution in [2.24, 2.45) is 11.8 Å². The van der Waals surface area contributed by atoms with Gasteiger partial charge in [0.2, 0.25) is 0 Å². The Morgan fingerprint density at radius 1 is 1.17 bits per heavy atom. The van der Waals surface area contributed by atoms with E-state index in [-0.39, 0.29) is 23.0 Å². The topological polar surface area (TPSA) is 92.1 Å². The van der Waals surface area contributed by atoms with Crippen molar-refractivity contribution in [2.45, 2.75) is 39.7 Å². The standard InChI is InChI=1S/C24H28N4O4S3/c1-14-4-5-20-25-21(26-10-15(2)8-16(3)11-26)18(22(29)27(20)12-14)9-19-23(30)28(24(33)34-19)17-6-7-35(31,32)13-17/h4-5,9,12,15-17H,6-8,10-11,13H2,1-3H3. The maximum Gasteiger partial charge on any atom is 0.267 e. The number of carbonyl (C=O) groups excluding carboxylic acids is 1. The molecule has 0 saturated carbocycles. The van der Waals surface area contributed by atoms with E-state index in [1.54, 1.807) is 12.3 Å². The van der Waals surface area contributed by atoms with E-state index < -0.39 is 15.9 Å². The number of pyridine rings is 1. The molecule has 5 rings (SSSR count). The third kappa shape index (κ3) is 4.65. The minimum atomic E-state index is -3.18. The van der Waals surface area contributed by atoms with Crippen LogP contribution in [0.25, 0.3) is 11.7 Å². The molecule has 2 aromatic heterocycles. The molecule has 0 bridgehead atoms. The number of hydrogen-bond acceptors (Lipinski definition) is 8. The van der Waals surface area contributed by atoms with Crippen LogP contribution < -0.4 is 10.5 Å². The van der Waals surface area contributed by atoms with Gasteiger partial charge >= 0.3 is 0 Å². The molecule has 8 nitrogen and oxygen atoms in total. The summed E-state index contributed by atoms with van der Waals surface area (Å²) >= 11 is 6.58. The van der Waals surface area contributed by atoms with Crippen molar-refractivity contribution < 1.29 is 13.2 Å². The number of aryl methyl sites for hydroxylation is 1. The van der Waals surface area contributed by atoms with Crippen LogP contribution >= 0.6 is 24.0 Å². The minimum absolute atomic E-state index is 0.0541. The highest BCUT2D eigenvalue weighted by atomic mass is 32.2. The second kappa shape index (κ2) is 9.01. The lowest BCUT2D eigenvalue weighted by Crippen LogP contribution is -2.41. The molecule has 186 valence electrons. The van der Waals surface area contributed by atoms with Gasteiger partial charge in [-0.05, 0) is 49.3 Å². The summed E-state index contributed by atoms with van der Waals surface area (Å²) in [5.74, 6) is 1.10. The number of piperidine rings is 1. The highest BCUT2D eigenvalue weighted by Crippen LogP contribution is 2.37. The third-order valence-electron chi connectivity index (χ3n) is 6.83. The molecule has 11 heteroatoms. The van der Waals surface area contributed by atoms with Crippen molar-refractivity contribution in [1.29, 1.82) is 0 Å². The summed E-state index contributed by atoms with van der Waals surface area (Å²) < 4.78 is 25.8. The van der Waals surface area contributed by atoms with Gasteiger partial charge in [-0.15, -0.1) is 0 Å². The summed E-state index contributed by atoms with van der Waals surface area (Å²) in [4.78, 5) is 35.8. The summed E-state index contributed by atoms with van der Waals surface area (Å²) in [5.41, 5.74) is 1.60. The van der Waals surface area contributed by atoms with E-state index in [1.807, 2.05) is 19.1 Å². The molecule has 0 spiro atoms. The van der Waals surface area contributed by atoms with Gasteiger partial charge in [0.05, 0.1) is 28.0 Å². The van der Waals surface area contributed by atoms with Crippen LogP contribution in [0.15, 0.2) is 28.0 Å². The summed E-state index contributed by atoms with van der Waals surface area (Å²) in [7, 11) is -3.18. The molecule has 3 saturated heterocycles. The number of aromatic nitrogens is 2. The Bertz CT molecular complexity index is 1420. The normalized spacial score (nSPS) is 28.0. The fourth-order valence-electron chi connectivity index (χ4n) is 5.35. The maximum atomic E-state index is 13.7. The van der Waals surface area contributed by atoms with Gasteiger partial charge in [0.15, 0.2) is 9.84 Å². The first-order chi connectivity index (χ1) is 16.5. The average Bonchev–Trinajstić information content (AvgIpc) is 3.26. The molecular weight excluding hydrogens is 504 g/mol. The van der Waals surface area contributed by atoms with E-state index in [9.17, 15) is 18.0 Å². The number of nitrogens with zero attached hydrogens (tertiary/aromatic N) is 4. The number of thioether (sulfide) groups is 1. The fourth-order valence-corrected chi connectivity index (χ4v) is 8.44. The Kier molecular flexibility index (Phi) is 6.29. The van der Waals surface area contributed by atoms with Crippen LogP contribution in [0.4, 0.5) is 5.82 Å². The van der Waals surface area contributed by atoms with Crippen molar-refractivity contribution in [3.05, 3.63) is 44.7 Å². The van der Waals surface area contributed by atoms with Crippen LogP contribution in [0.5, 0.6) is 0 Å². The lowest BCUT2D eigenvalue weighted by Gasteiger charge is -2.36. The minimum Gasteiger partial charge on any atom is -0.355 e. The number of anilines is 1. The SMILES string of the molecule is Cc1ccc2nc(N3CC(C)CC(C)C3)c(C=C3SC(=S)N(C4CCS(=O)(=O)C4)C3=O)c(=O)n2c1. The van der Waals surface area contributed by atoms with E-state index in [4.69, 9.17) is 17.2 Å². The molecule has 3 unspecified atom stereocenters. The number of hydrogen-bond donors (Lipinski definition) is 0. The summed E-state index contributed by atoms with van der Waals surface area (Å²) in [6.07, 6.45) is 4.84. The second-order valence-electron chi connectivity index (χ2n) is 10.0. The predicted octanol–water partition coefficient (Wildman–Crippen LogP) is 2.87. The van der Waals surface area contributed by atoms with Crippen molar-refractivity contribution in [2.75, 3.05) is 29.5 Å². The van der Waals surface area contributed by atoms with Crippen molar-refractivity contribution in [3.63, 3.8) is 0 Å². The summed E-state index contributed by atoms with van der Waals surface area (Å²) in [6, 6.07) is 3.30. The van der Waals surface area contributed by atoms with Gasteiger partial charge in [0, 0.05) is 19.3 Å². The zero-order valence-corrected chi connectivity index (χ0v) is 22.4. The number of rotatable bonds is 3. The lowest BCUT2D eigenvalue weighted by atomic mass is 9.91. The van der Waals surface area contributed by atoms with E-state index in [2.05, 4.69) is 18.7 Å². The molecule has 1 amide bonds. The number of thiocarbonyl (C=S) groups is 1. The quantitative estimate of drug-likeness (QED) is 0.440. The molecule has 3 fully saturated rings. The Balaban J connectivity index is 1.61. The van der Waals surface area contributed by atoms with Crippen LogP contribution in [0, 0.1) is 18.8 Å². The van der Waals surface area contributed by atoms with Gasteiger partial charge in [-0.1, -0.05) is 43.9 Å². The van der Waals surface area contributed by atoms with Crippen LogP contribution in [-0.4, -0.2) is 63.6 Å². The molecule has 0 N–H and O–H groups in total. The van der Waals surface area contributed by atoms with Gasteiger partial charge in [-0.2, -0.15) is 0 Å². The van der Waals surface area contributed by atoms with E-state index in [1.165, 1.54) is 9.30 Å². The molecule has 35 heavy (non-hydrogen) atoms. The van der Waals surface area contributed by atoms with Crippen LogP contribution in [-0.2, 0) is 14.6 Å². The predicted molar refractivity (Wildman–Crippen MR) is 143 cm³/mol. The lowest BCUT2D eigenvalue weighted by molar-refractivity contribution is -0.123. The fraction of sp³-hybridized carbons (Fsp3) is 0.500. The summed E-state index contributed by atoms with van der Waals surface area (Å²) in [5, 5.41) is 0. The van der Waals surface area contributed by atoms with E-state index in [0.717, 1.165) is 36.8 Å². The second-order valence-corrected chi connectivity index (χ2v) is 14.0. The maximum absolute atomic E-state index is 13.7. The van der Waals surface area contributed by atoms with Crippen molar-refractivity contribution in [1.82, 2.24) is 14.3 Å². The Labute approximate surface area is 214 Å². The Morgan fingerprint density at radius 3 is 2.54 bits per heavy atom. The number of sulfone groups is 1. The summed E-state index contributed by atoms with van der Waals surface area (Å²) in [6.45, 7) is 7.86. The van der Waals surface area contributed by atoms with E-state index in [0.29, 0.717) is 44.5 Å². The first-order valence-corrected chi connectivity index (χ1v) is 14.8. The highest BCUT2D eigenvalue weighted by Gasteiger charge is 2.42. The average molecular weight is 533 g/mol. The molecule has 5 heterocycles. The van der Waals surface area contributed by atoms with Gasteiger partial charge in [0.1, 0.15) is 15.8 Å². The Hall–Kier alpha value is -2.24. The van der Waals surface area contributed by atoms with Crippen LogP contribution in [0.1, 0.15) is 37.8 Å². The van der Waals surface area contributed by atoms with Gasteiger partial charge in [-0.25, -0.2) is 13.4 Å².